The molecule has 0 bridgehead atoms. The molecule has 0 saturated heterocycles. The molecular formula is C20H17NO4S. The van der Waals surface area contributed by atoms with Gasteiger partial charge in [-0.05, 0) is 41.0 Å². The SMILES string of the molecule is O=C(O)C1Cc2ccccc2N(S(=O)(=O)c2ccc3ccccc3c2)C1. The van der Waals surface area contributed by atoms with Gasteiger partial charge in [0.2, 0.25) is 0 Å². The first-order valence-electron chi connectivity index (χ1n) is 8.29. The molecule has 1 aliphatic heterocycles. The van der Waals surface area contributed by atoms with Crippen molar-refractivity contribution in [3.05, 3.63) is 72.3 Å². The minimum atomic E-state index is -3.86. The van der Waals surface area contributed by atoms with Crippen LogP contribution in [0.2, 0.25) is 0 Å². The van der Waals surface area contributed by atoms with Crippen LogP contribution in [0, 0.1) is 5.92 Å². The monoisotopic (exact) mass is 367 g/mol. The van der Waals surface area contributed by atoms with Crippen LogP contribution in [0.5, 0.6) is 0 Å². The van der Waals surface area contributed by atoms with Crippen LogP contribution in [0.25, 0.3) is 10.8 Å². The van der Waals surface area contributed by atoms with E-state index in [-0.39, 0.29) is 11.4 Å². The van der Waals surface area contributed by atoms with Crippen LogP contribution in [-0.2, 0) is 21.2 Å². The van der Waals surface area contributed by atoms with E-state index in [1.807, 2.05) is 24.3 Å². The molecule has 0 aromatic heterocycles. The van der Waals surface area contributed by atoms with Gasteiger partial charge in [0.05, 0.1) is 16.5 Å². The Bertz CT molecular complexity index is 1110. The standard InChI is InChI=1S/C20H17NO4S/c22-20(23)17-11-16-7-3-4-8-19(16)21(13-17)26(24,25)18-10-9-14-5-1-2-6-15(14)12-18/h1-10,12,17H,11,13H2,(H,22,23). The van der Waals surface area contributed by atoms with E-state index in [2.05, 4.69) is 0 Å². The number of benzene rings is 3. The summed E-state index contributed by atoms with van der Waals surface area (Å²) in [5.41, 5.74) is 1.29. The van der Waals surface area contributed by atoms with E-state index < -0.39 is 21.9 Å². The highest BCUT2D eigenvalue weighted by Gasteiger charge is 2.36. The molecule has 0 radical (unpaired) electrons. The molecule has 26 heavy (non-hydrogen) atoms. The highest BCUT2D eigenvalue weighted by molar-refractivity contribution is 7.92. The molecule has 0 amide bonds. The van der Waals surface area contributed by atoms with Crippen LogP contribution >= 0.6 is 0 Å². The number of rotatable bonds is 3. The van der Waals surface area contributed by atoms with Crippen molar-refractivity contribution in [2.24, 2.45) is 5.92 Å². The molecule has 0 aliphatic carbocycles. The van der Waals surface area contributed by atoms with Crippen LogP contribution < -0.4 is 4.31 Å². The molecule has 0 saturated carbocycles. The van der Waals surface area contributed by atoms with E-state index in [0.717, 1.165) is 16.3 Å². The third kappa shape index (κ3) is 2.72. The zero-order valence-corrected chi connectivity index (χ0v) is 14.7. The smallest absolute Gasteiger partial charge is 0.308 e. The third-order valence-electron chi connectivity index (χ3n) is 4.77. The van der Waals surface area contributed by atoms with E-state index in [9.17, 15) is 18.3 Å². The summed E-state index contributed by atoms with van der Waals surface area (Å²) in [6, 6.07) is 19.6. The number of fused-ring (bicyclic) bond motifs is 2. The van der Waals surface area contributed by atoms with Crippen LogP contribution in [-0.4, -0.2) is 26.0 Å². The molecule has 1 heterocycles. The second kappa shape index (κ2) is 6.14. The van der Waals surface area contributed by atoms with Crippen molar-refractivity contribution >= 4 is 32.5 Å². The maximum Gasteiger partial charge on any atom is 0.308 e. The van der Waals surface area contributed by atoms with Gasteiger partial charge < -0.3 is 5.11 Å². The topological polar surface area (TPSA) is 74.7 Å². The molecule has 132 valence electrons. The van der Waals surface area contributed by atoms with Gasteiger partial charge >= 0.3 is 5.97 Å². The van der Waals surface area contributed by atoms with E-state index in [1.54, 1.807) is 42.5 Å². The second-order valence-corrected chi connectivity index (χ2v) is 8.28. The lowest BCUT2D eigenvalue weighted by molar-refractivity contribution is -0.141. The van der Waals surface area contributed by atoms with Gasteiger partial charge in [0.25, 0.3) is 10.0 Å². The number of aliphatic carboxylic acids is 1. The summed E-state index contributed by atoms with van der Waals surface area (Å²) in [5, 5.41) is 11.2. The van der Waals surface area contributed by atoms with Gasteiger partial charge in [-0.2, -0.15) is 0 Å². The van der Waals surface area contributed by atoms with Crippen molar-refractivity contribution in [3.63, 3.8) is 0 Å². The molecule has 1 N–H and O–H groups in total. The summed E-state index contributed by atoms with van der Waals surface area (Å²) in [6.07, 6.45) is 0.329. The number of carboxylic acids is 1. The summed E-state index contributed by atoms with van der Waals surface area (Å²) >= 11 is 0. The molecule has 3 aromatic rings. The fourth-order valence-electron chi connectivity index (χ4n) is 3.40. The quantitative estimate of drug-likeness (QED) is 0.771. The first kappa shape index (κ1) is 16.6. The number of anilines is 1. The summed E-state index contributed by atoms with van der Waals surface area (Å²) in [6.45, 7) is -0.0679. The average molecular weight is 367 g/mol. The zero-order chi connectivity index (χ0) is 18.3. The predicted octanol–water partition coefficient (Wildman–Crippen LogP) is 3.29. The van der Waals surface area contributed by atoms with Crippen LogP contribution in [0.4, 0.5) is 5.69 Å². The van der Waals surface area contributed by atoms with Crippen molar-refractivity contribution in [1.82, 2.24) is 0 Å². The number of carboxylic acid groups (broad SMARTS) is 1. The van der Waals surface area contributed by atoms with Crippen molar-refractivity contribution in [2.75, 3.05) is 10.8 Å². The van der Waals surface area contributed by atoms with Gasteiger partial charge in [0.15, 0.2) is 0 Å². The zero-order valence-electron chi connectivity index (χ0n) is 13.9. The highest BCUT2D eigenvalue weighted by atomic mass is 32.2. The first-order valence-corrected chi connectivity index (χ1v) is 9.73. The molecule has 1 atom stereocenters. The van der Waals surface area contributed by atoms with Gasteiger partial charge in [0, 0.05) is 6.54 Å². The van der Waals surface area contributed by atoms with Crippen LogP contribution in [0.1, 0.15) is 5.56 Å². The van der Waals surface area contributed by atoms with E-state index in [1.165, 1.54) is 4.31 Å². The number of hydrogen-bond acceptors (Lipinski definition) is 3. The average Bonchev–Trinajstić information content (AvgIpc) is 2.66. The third-order valence-corrected chi connectivity index (χ3v) is 6.55. The normalized spacial score (nSPS) is 17.1. The summed E-state index contributed by atoms with van der Waals surface area (Å²) in [5.74, 6) is -1.75. The van der Waals surface area contributed by atoms with E-state index in [0.29, 0.717) is 12.1 Å². The minimum absolute atomic E-state index is 0.0679. The van der Waals surface area contributed by atoms with Crippen molar-refractivity contribution in [3.8, 4) is 0 Å². The second-order valence-electron chi connectivity index (χ2n) is 6.41. The number of nitrogens with zero attached hydrogens (tertiary/aromatic N) is 1. The van der Waals surface area contributed by atoms with Crippen LogP contribution in [0.15, 0.2) is 71.6 Å². The number of sulfonamides is 1. The Hall–Kier alpha value is -2.86. The van der Waals surface area contributed by atoms with Crippen molar-refractivity contribution in [1.29, 1.82) is 0 Å². The van der Waals surface area contributed by atoms with E-state index >= 15 is 0 Å². The minimum Gasteiger partial charge on any atom is -0.481 e. The Balaban J connectivity index is 1.84. The summed E-state index contributed by atoms with van der Waals surface area (Å²) in [4.78, 5) is 11.7. The predicted molar refractivity (Wildman–Crippen MR) is 99.8 cm³/mol. The molecule has 0 spiro atoms. The maximum absolute atomic E-state index is 13.3. The fourth-order valence-corrected chi connectivity index (χ4v) is 4.99. The number of para-hydroxylation sites is 1. The summed E-state index contributed by atoms with van der Waals surface area (Å²) < 4.78 is 27.8. The van der Waals surface area contributed by atoms with Crippen molar-refractivity contribution < 1.29 is 18.3 Å². The van der Waals surface area contributed by atoms with Gasteiger partial charge in [-0.25, -0.2) is 8.42 Å². The highest BCUT2D eigenvalue weighted by Crippen LogP contribution is 2.34. The maximum atomic E-state index is 13.3. The van der Waals surface area contributed by atoms with Gasteiger partial charge in [-0.1, -0.05) is 48.5 Å². The first-order chi connectivity index (χ1) is 12.5. The number of carbonyl (C=O) groups is 1. The Morgan fingerprint density at radius 3 is 2.42 bits per heavy atom. The molecule has 0 fully saturated rings. The lowest BCUT2D eigenvalue weighted by Crippen LogP contribution is -2.42. The molecule has 5 nitrogen and oxygen atoms in total. The Morgan fingerprint density at radius 2 is 1.65 bits per heavy atom. The molecule has 1 unspecified atom stereocenters. The lowest BCUT2D eigenvalue weighted by Gasteiger charge is -2.33. The molecule has 6 heteroatoms. The lowest BCUT2D eigenvalue weighted by atomic mass is 9.94. The summed E-state index contributed by atoms with van der Waals surface area (Å²) in [7, 11) is -3.86. The van der Waals surface area contributed by atoms with Gasteiger partial charge in [-0.3, -0.25) is 9.10 Å². The molecular weight excluding hydrogens is 350 g/mol. The van der Waals surface area contributed by atoms with Gasteiger partial charge in [-0.15, -0.1) is 0 Å². The van der Waals surface area contributed by atoms with Gasteiger partial charge in [0.1, 0.15) is 0 Å². The Labute approximate surface area is 151 Å². The Kier molecular flexibility index (Phi) is 3.92. The van der Waals surface area contributed by atoms with E-state index in [4.69, 9.17) is 0 Å². The Morgan fingerprint density at radius 1 is 0.962 bits per heavy atom. The number of hydrogen-bond donors (Lipinski definition) is 1. The fraction of sp³-hybridized carbons (Fsp3) is 0.150. The largest absolute Gasteiger partial charge is 0.481 e. The molecule has 4 rings (SSSR count). The molecule has 3 aromatic carbocycles. The van der Waals surface area contributed by atoms with Crippen molar-refractivity contribution in [2.45, 2.75) is 11.3 Å². The van der Waals surface area contributed by atoms with Crippen LogP contribution in [0.3, 0.4) is 0 Å². The molecule has 1 aliphatic rings.